The molecule has 1 aromatic carbocycles. The number of nitrogens with two attached hydrogens (primary N) is 1. The van der Waals surface area contributed by atoms with E-state index >= 15 is 0 Å². The van der Waals surface area contributed by atoms with Gasteiger partial charge in [0.25, 0.3) is 0 Å². The van der Waals surface area contributed by atoms with E-state index in [0.717, 1.165) is 36.8 Å². The molecule has 3 N–H and O–H groups in total. The molecule has 1 saturated carbocycles. The van der Waals surface area contributed by atoms with Crippen molar-refractivity contribution in [3.63, 3.8) is 0 Å². The smallest absolute Gasteiger partial charge is 0.216 e. The Bertz CT molecular complexity index is 589. The molecule has 1 aromatic rings. The van der Waals surface area contributed by atoms with Crippen LogP contribution < -0.4 is 10.5 Å². The Morgan fingerprint density at radius 3 is 2.33 bits per heavy atom. The van der Waals surface area contributed by atoms with Crippen LogP contribution in [0.15, 0.2) is 24.3 Å². The van der Waals surface area contributed by atoms with Crippen molar-refractivity contribution in [3.8, 4) is 0 Å². The topological polar surface area (TPSA) is 72.2 Å². The predicted molar refractivity (Wildman–Crippen MR) is 89.5 cm³/mol. The summed E-state index contributed by atoms with van der Waals surface area (Å²) in [6.07, 6.45) is 4.05. The molecule has 0 bridgehead atoms. The lowest BCUT2D eigenvalue weighted by atomic mass is 9.88. The SMILES string of the molecule is CC1CCC(NS(=O)(=O)Cc2ccc(C(N)=S)cc2)CC1. The summed E-state index contributed by atoms with van der Waals surface area (Å²) in [7, 11) is -3.30. The molecule has 4 nitrogen and oxygen atoms in total. The van der Waals surface area contributed by atoms with Crippen LogP contribution in [-0.2, 0) is 15.8 Å². The second kappa shape index (κ2) is 6.85. The summed E-state index contributed by atoms with van der Waals surface area (Å²) in [4.78, 5) is 0.318. The van der Waals surface area contributed by atoms with E-state index < -0.39 is 10.0 Å². The fourth-order valence-corrected chi connectivity index (χ4v) is 4.25. The average Bonchev–Trinajstić information content (AvgIpc) is 2.41. The van der Waals surface area contributed by atoms with E-state index in [9.17, 15) is 8.42 Å². The average molecular weight is 326 g/mol. The highest BCUT2D eigenvalue weighted by Gasteiger charge is 2.23. The van der Waals surface area contributed by atoms with Gasteiger partial charge in [0.2, 0.25) is 10.0 Å². The van der Waals surface area contributed by atoms with Crippen LogP contribution in [0.4, 0.5) is 0 Å². The highest BCUT2D eigenvalue weighted by atomic mass is 32.2. The van der Waals surface area contributed by atoms with Crippen molar-refractivity contribution in [1.29, 1.82) is 0 Å². The van der Waals surface area contributed by atoms with E-state index in [4.69, 9.17) is 18.0 Å². The normalized spacial score (nSPS) is 22.9. The van der Waals surface area contributed by atoms with Crippen molar-refractivity contribution in [3.05, 3.63) is 35.4 Å². The Morgan fingerprint density at radius 1 is 1.24 bits per heavy atom. The van der Waals surface area contributed by atoms with Crippen LogP contribution in [0, 0.1) is 5.92 Å². The molecule has 2 rings (SSSR count). The molecular weight excluding hydrogens is 304 g/mol. The van der Waals surface area contributed by atoms with Gasteiger partial charge in [0.1, 0.15) is 4.99 Å². The van der Waals surface area contributed by atoms with E-state index in [1.165, 1.54) is 0 Å². The number of thiocarbonyl (C=S) groups is 1. The third-order valence-electron chi connectivity index (χ3n) is 3.96. The van der Waals surface area contributed by atoms with Gasteiger partial charge in [-0.2, -0.15) is 0 Å². The second-order valence-electron chi connectivity index (χ2n) is 5.89. The highest BCUT2D eigenvalue weighted by Crippen LogP contribution is 2.24. The molecule has 0 amide bonds. The summed E-state index contributed by atoms with van der Waals surface area (Å²) in [5.74, 6) is 0.704. The van der Waals surface area contributed by atoms with Gasteiger partial charge in [-0.15, -0.1) is 0 Å². The summed E-state index contributed by atoms with van der Waals surface area (Å²) in [6.45, 7) is 2.22. The number of nitrogens with one attached hydrogen (secondary N) is 1. The maximum Gasteiger partial charge on any atom is 0.216 e. The zero-order chi connectivity index (χ0) is 15.5. The van der Waals surface area contributed by atoms with E-state index in [1.807, 2.05) is 0 Å². The number of hydrogen-bond acceptors (Lipinski definition) is 3. The summed E-state index contributed by atoms with van der Waals surface area (Å²) >= 11 is 4.88. The van der Waals surface area contributed by atoms with Crippen LogP contribution in [0.25, 0.3) is 0 Å². The highest BCUT2D eigenvalue weighted by molar-refractivity contribution is 7.88. The molecule has 0 radical (unpaired) electrons. The molecule has 0 atom stereocenters. The molecule has 0 spiro atoms. The molecule has 6 heteroatoms. The summed E-state index contributed by atoms with van der Waals surface area (Å²) < 4.78 is 27.2. The number of rotatable bonds is 5. The maximum absolute atomic E-state index is 12.2. The molecule has 0 unspecified atom stereocenters. The van der Waals surface area contributed by atoms with Crippen LogP contribution in [-0.4, -0.2) is 19.4 Å². The summed E-state index contributed by atoms with van der Waals surface area (Å²) in [5.41, 5.74) is 7.02. The Morgan fingerprint density at radius 2 is 1.81 bits per heavy atom. The van der Waals surface area contributed by atoms with Crippen molar-refractivity contribution < 1.29 is 8.42 Å². The van der Waals surface area contributed by atoms with Gasteiger partial charge >= 0.3 is 0 Å². The van der Waals surface area contributed by atoms with Gasteiger partial charge in [0, 0.05) is 11.6 Å². The lowest BCUT2D eigenvalue weighted by Gasteiger charge is -2.26. The van der Waals surface area contributed by atoms with Crippen molar-refractivity contribution >= 4 is 27.2 Å². The van der Waals surface area contributed by atoms with Crippen molar-refractivity contribution in [2.45, 2.75) is 44.4 Å². The molecule has 1 fully saturated rings. The van der Waals surface area contributed by atoms with Gasteiger partial charge in [0.15, 0.2) is 0 Å². The van der Waals surface area contributed by atoms with E-state index in [1.54, 1.807) is 24.3 Å². The molecule has 0 saturated heterocycles. The third-order valence-corrected chi connectivity index (χ3v) is 5.60. The lowest BCUT2D eigenvalue weighted by molar-refractivity contribution is 0.332. The molecule has 0 aliphatic heterocycles. The first-order valence-corrected chi connectivity index (χ1v) is 9.30. The minimum Gasteiger partial charge on any atom is -0.389 e. The Balaban J connectivity index is 1.95. The summed E-state index contributed by atoms with van der Waals surface area (Å²) in [6, 6.07) is 7.13. The number of hydrogen-bond donors (Lipinski definition) is 2. The fraction of sp³-hybridized carbons (Fsp3) is 0.533. The number of sulfonamides is 1. The Labute approximate surface area is 132 Å². The monoisotopic (exact) mass is 326 g/mol. The standard InChI is InChI=1S/C15H22N2O2S2/c1-11-2-8-14(9-3-11)17-21(18,19)10-12-4-6-13(7-5-12)15(16)20/h4-7,11,14,17H,2-3,8-10H2,1H3,(H2,16,20). The van der Waals surface area contributed by atoms with Gasteiger partial charge in [-0.05, 0) is 37.2 Å². The molecular formula is C15H22N2O2S2. The minimum absolute atomic E-state index is 0.00331. The first-order valence-electron chi connectivity index (χ1n) is 7.24. The first-order chi connectivity index (χ1) is 9.85. The minimum atomic E-state index is -3.30. The van der Waals surface area contributed by atoms with Gasteiger partial charge in [-0.25, -0.2) is 13.1 Å². The zero-order valence-electron chi connectivity index (χ0n) is 12.2. The van der Waals surface area contributed by atoms with Gasteiger partial charge < -0.3 is 5.73 Å². The van der Waals surface area contributed by atoms with Crippen LogP contribution in [0.3, 0.4) is 0 Å². The van der Waals surface area contributed by atoms with Crippen molar-refractivity contribution in [2.75, 3.05) is 0 Å². The maximum atomic E-state index is 12.2. The Hall–Kier alpha value is -0.980. The zero-order valence-corrected chi connectivity index (χ0v) is 13.8. The molecule has 0 heterocycles. The Kier molecular flexibility index (Phi) is 5.35. The third kappa shape index (κ3) is 5.05. The van der Waals surface area contributed by atoms with Gasteiger partial charge in [-0.3, -0.25) is 0 Å². The molecule has 1 aliphatic rings. The quantitative estimate of drug-likeness (QED) is 0.815. The largest absolute Gasteiger partial charge is 0.389 e. The van der Waals surface area contributed by atoms with Crippen LogP contribution >= 0.6 is 12.2 Å². The molecule has 1 aliphatic carbocycles. The lowest BCUT2D eigenvalue weighted by Crippen LogP contribution is -2.37. The van der Waals surface area contributed by atoms with E-state index in [2.05, 4.69) is 11.6 Å². The molecule has 21 heavy (non-hydrogen) atoms. The number of benzene rings is 1. The second-order valence-corrected chi connectivity index (χ2v) is 8.09. The summed E-state index contributed by atoms with van der Waals surface area (Å²) in [5, 5.41) is 0. The van der Waals surface area contributed by atoms with Gasteiger partial charge in [-0.1, -0.05) is 43.4 Å². The van der Waals surface area contributed by atoms with Gasteiger partial charge in [0.05, 0.1) is 5.75 Å². The fourth-order valence-electron chi connectivity index (χ4n) is 2.66. The predicted octanol–water partition coefficient (Wildman–Crippen LogP) is 2.32. The van der Waals surface area contributed by atoms with Crippen molar-refractivity contribution in [1.82, 2.24) is 4.72 Å². The molecule has 0 aromatic heterocycles. The van der Waals surface area contributed by atoms with E-state index in [0.29, 0.717) is 10.9 Å². The van der Waals surface area contributed by atoms with Crippen LogP contribution in [0.2, 0.25) is 0 Å². The van der Waals surface area contributed by atoms with Crippen LogP contribution in [0.5, 0.6) is 0 Å². The van der Waals surface area contributed by atoms with Crippen LogP contribution in [0.1, 0.15) is 43.7 Å². The van der Waals surface area contributed by atoms with Crippen molar-refractivity contribution in [2.24, 2.45) is 11.7 Å². The molecule has 116 valence electrons. The van der Waals surface area contributed by atoms with E-state index in [-0.39, 0.29) is 11.8 Å². The first kappa shape index (κ1) is 16.4.